The molecule has 0 amide bonds. The van der Waals surface area contributed by atoms with Crippen molar-refractivity contribution in [2.45, 2.75) is 26.6 Å². The van der Waals surface area contributed by atoms with E-state index in [2.05, 4.69) is 14.6 Å². The van der Waals surface area contributed by atoms with Crippen LogP contribution in [0.4, 0.5) is 8.78 Å². The summed E-state index contributed by atoms with van der Waals surface area (Å²) in [5.74, 6) is 0.515. The Bertz CT molecular complexity index is 648. The van der Waals surface area contributed by atoms with Gasteiger partial charge in [0.15, 0.2) is 0 Å². The smallest absolute Gasteiger partial charge is 0.387 e. The minimum absolute atomic E-state index is 0.0213. The number of aromatic nitrogens is 2. The molecule has 0 saturated heterocycles. The highest BCUT2D eigenvalue weighted by Crippen LogP contribution is 2.32. The molecule has 0 unspecified atom stereocenters. The number of carbonyl (C=O) groups excluding carboxylic acids is 1. The molecule has 0 saturated carbocycles. The van der Waals surface area contributed by atoms with E-state index in [1.165, 1.54) is 23.0 Å². The lowest BCUT2D eigenvalue weighted by Gasteiger charge is -2.14. The Balaban J connectivity index is 0.000000705. The van der Waals surface area contributed by atoms with E-state index in [1.54, 1.807) is 19.2 Å². The second kappa shape index (κ2) is 11.1. The fraction of sp³-hybridized carbons (Fsp3) is 0.375. The van der Waals surface area contributed by atoms with Gasteiger partial charge in [0.2, 0.25) is 5.88 Å². The fourth-order valence-corrected chi connectivity index (χ4v) is 1.78. The number of hydrogen-bond donors (Lipinski definition) is 1. The number of aldehydes is 1. The van der Waals surface area contributed by atoms with E-state index in [0.29, 0.717) is 17.7 Å². The number of benzene rings is 1. The molecule has 2 N–H and O–H groups in total. The maximum absolute atomic E-state index is 12.4. The predicted octanol–water partition coefficient (Wildman–Crippen LogP) is 2.59. The summed E-state index contributed by atoms with van der Waals surface area (Å²) < 4.78 is 40.6. The van der Waals surface area contributed by atoms with E-state index < -0.39 is 6.61 Å². The van der Waals surface area contributed by atoms with Crippen molar-refractivity contribution in [3.63, 3.8) is 0 Å². The van der Waals surface area contributed by atoms with Gasteiger partial charge in [0.05, 0.1) is 11.8 Å². The van der Waals surface area contributed by atoms with Crippen LogP contribution in [0, 0.1) is 0 Å². The summed E-state index contributed by atoms with van der Waals surface area (Å²) in [6.07, 6.45) is 2.13. The highest BCUT2D eigenvalue weighted by Gasteiger charge is 2.15. The number of rotatable bonds is 8. The molecular formula is C16H21F2N3O4. The van der Waals surface area contributed by atoms with Gasteiger partial charge in [0.25, 0.3) is 0 Å². The molecule has 0 spiro atoms. The zero-order valence-corrected chi connectivity index (χ0v) is 14.0. The van der Waals surface area contributed by atoms with Crippen molar-refractivity contribution in [1.29, 1.82) is 0 Å². The largest absolute Gasteiger partial charge is 0.439 e. The molecule has 7 nitrogen and oxygen atoms in total. The zero-order chi connectivity index (χ0) is 18.7. The first-order valence-corrected chi connectivity index (χ1v) is 7.46. The summed E-state index contributed by atoms with van der Waals surface area (Å²) in [5, 5.41) is 3.91. The zero-order valence-electron chi connectivity index (χ0n) is 14.0. The third-order valence-electron chi connectivity index (χ3n) is 2.94. The average molecular weight is 357 g/mol. The highest BCUT2D eigenvalue weighted by molar-refractivity contribution is 5.50. The first-order chi connectivity index (χ1) is 12.1. The van der Waals surface area contributed by atoms with E-state index in [9.17, 15) is 13.6 Å². The minimum Gasteiger partial charge on any atom is -0.439 e. The van der Waals surface area contributed by atoms with Crippen LogP contribution in [0.3, 0.4) is 0 Å². The third-order valence-corrected chi connectivity index (χ3v) is 2.94. The standard InChI is InChI=1S/C13H13F2N3O3.C3H8O/c14-13(15)21-11-3-1-2-10(9(11)8-16)20-12-4-5-17-18(12)6-7-19;1-3-4-2/h1-5,7,13H,6,8,16H2;3H2,1-2H3. The van der Waals surface area contributed by atoms with Gasteiger partial charge in [-0.1, -0.05) is 6.07 Å². The molecule has 1 heterocycles. The second-order valence-electron chi connectivity index (χ2n) is 4.51. The van der Waals surface area contributed by atoms with Gasteiger partial charge in [-0.05, 0) is 19.1 Å². The Kier molecular flexibility index (Phi) is 9.12. The lowest BCUT2D eigenvalue weighted by molar-refractivity contribution is -0.108. The molecular weight excluding hydrogens is 336 g/mol. The molecule has 0 aliphatic heterocycles. The maximum Gasteiger partial charge on any atom is 0.387 e. The lowest BCUT2D eigenvalue weighted by Crippen LogP contribution is -2.09. The Morgan fingerprint density at radius 2 is 2.00 bits per heavy atom. The van der Waals surface area contributed by atoms with E-state index in [1.807, 2.05) is 6.92 Å². The molecule has 1 aromatic heterocycles. The molecule has 0 fully saturated rings. The van der Waals surface area contributed by atoms with Gasteiger partial charge in [-0.15, -0.1) is 0 Å². The van der Waals surface area contributed by atoms with Crippen LogP contribution in [0.1, 0.15) is 12.5 Å². The van der Waals surface area contributed by atoms with Crippen LogP contribution in [-0.2, 0) is 22.6 Å². The highest BCUT2D eigenvalue weighted by atomic mass is 19.3. The van der Waals surface area contributed by atoms with E-state index in [-0.39, 0.29) is 24.6 Å². The Morgan fingerprint density at radius 3 is 2.56 bits per heavy atom. The molecule has 138 valence electrons. The summed E-state index contributed by atoms with van der Waals surface area (Å²) in [6.45, 7) is -0.195. The number of carbonyl (C=O) groups is 1. The van der Waals surface area contributed by atoms with E-state index in [0.717, 1.165) is 6.61 Å². The normalized spacial score (nSPS) is 10.2. The topological polar surface area (TPSA) is 88.6 Å². The van der Waals surface area contributed by atoms with E-state index in [4.69, 9.17) is 10.5 Å². The quantitative estimate of drug-likeness (QED) is 0.731. The predicted molar refractivity (Wildman–Crippen MR) is 86.9 cm³/mol. The molecule has 2 aromatic rings. The number of alkyl halides is 2. The van der Waals surface area contributed by atoms with Crippen LogP contribution in [0.2, 0.25) is 0 Å². The summed E-state index contributed by atoms with van der Waals surface area (Å²) in [4.78, 5) is 10.5. The summed E-state index contributed by atoms with van der Waals surface area (Å²) in [6, 6.07) is 6.00. The van der Waals surface area contributed by atoms with Crippen LogP contribution >= 0.6 is 0 Å². The molecule has 0 aliphatic carbocycles. The van der Waals surface area contributed by atoms with Crippen LogP contribution in [0.5, 0.6) is 17.4 Å². The minimum atomic E-state index is -2.95. The van der Waals surface area contributed by atoms with E-state index >= 15 is 0 Å². The number of nitrogens with two attached hydrogens (primary N) is 1. The van der Waals surface area contributed by atoms with Gasteiger partial charge in [-0.25, -0.2) is 4.68 Å². The van der Waals surface area contributed by atoms with Gasteiger partial charge < -0.3 is 24.7 Å². The van der Waals surface area contributed by atoms with Gasteiger partial charge >= 0.3 is 6.61 Å². The number of methoxy groups -OCH3 is 1. The molecule has 0 radical (unpaired) electrons. The maximum atomic E-state index is 12.4. The SMILES string of the molecule is CCOC.NCc1c(Oc2ccnn2CC=O)cccc1OC(F)F. The molecule has 0 aliphatic rings. The molecule has 9 heteroatoms. The second-order valence-corrected chi connectivity index (χ2v) is 4.51. The number of ether oxygens (including phenoxy) is 3. The first-order valence-electron chi connectivity index (χ1n) is 7.46. The molecule has 0 bridgehead atoms. The number of nitrogens with zero attached hydrogens (tertiary/aromatic N) is 2. The van der Waals surface area contributed by atoms with Crippen molar-refractivity contribution in [2.75, 3.05) is 13.7 Å². The van der Waals surface area contributed by atoms with Crippen molar-refractivity contribution in [2.24, 2.45) is 5.73 Å². The van der Waals surface area contributed by atoms with Gasteiger partial charge in [0.1, 0.15) is 24.3 Å². The summed E-state index contributed by atoms with van der Waals surface area (Å²) in [7, 11) is 1.68. The van der Waals surface area contributed by atoms with Crippen molar-refractivity contribution in [3.05, 3.63) is 36.0 Å². The fourth-order valence-electron chi connectivity index (χ4n) is 1.78. The van der Waals surface area contributed by atoms with Gasteiger partial charge in [-0.3, -0.25) is 0 Å². The van der Waals surface area contributed by atoms with Crippen molar-refractivity contribution < 1.29 is 27.8 Å². The van der Waals surface area contributed by atoms with Crippen molar-refractivity contribution in [1.82, 2.24) is 9.78 Å². The Morgan fingerprint density at radius 1 is 1.32 bits per heavy atom. The first kappa shape index (κ1) is 20.5. The van der Waals surface area contributed by atoms with Crippen LogP contribution in [0.25, 0.3) is 0 Å². The molecule has 0 atom stereocenters. The monoisotopic (exact) mass is 357 g/mol. The van der Waals surface area contributed by atoms with Crippen LogP contribution < -0.4 is 15.2 Å². The van der Waals surface area contributed by atoms with Crippen LogP contribution in [0.15, 0.2) is 30.5 Å². The lowest BCUT2D eigenvalue weighted by atomic mass is 10.2. The van der Waals surface area contributed by atoms with Crippen molar-refractivity contribution >= 4 is 6.29 Å². The third kappa shape index (κ3) is 6.48. The van der Waals surface area contributed by atoms with Crippen LogP contribution in [-0.4, -0.2) is 36.4 Å². The van der Waals surface area contributed by atoms with Crippen molar-refractivity contribution in [3.8, 4) is 17.4 Å². The molecule has 1 aromatic carbocycles. The number of hydrogen-bond acceptors (Lipinski definition) is 6. The average Bonchev–Trinajstić information content (AvgIpc) is 3.02. The summed E-state index contributed by atoms with van der Waals surface area (Å²) >= 11 is 0. The molecule has 25 heavy (non-hydrogen) atoms. The number of halogens is 2. The van der Waals surface area contributed by atoms with Gasteiger partial charge in [0, 0.05) is 26.3 Å². The summed E-state index contributed by atoms with van der Waals surface area (Å²) in [5.41, 5.74) is 5.87. The van der Waals surface area contributed by atoms with Gasteiger partial charge in [-0.2, -0.15) is 13.9 Å². The Labute approximate surface area is 144 Å². The Hall–Kier alpha value is -2.52. The molecule has 2 rings (SSSR count).